The molecule has 0 N–H and O–H groups in total. The molecule has 6 heteroatoms. The van der Waals surface area contributed by atoms with Crippen LogP contribution in [0.15, 0.2) is 28.7 Å². The summed E-state index contributed by atoms with van der Waals surface area (Å²) in [5.74, 6) is 1.18. The van der Waals surface area contributed by atoms with Crippen LogP contribution in [0.5, 0.6) is 0 Å². The van der Waals surface area contributed by atoms with E-state index in [1.165, 1.54) is 12.1 Å². The Balaban J connectivity index is 1.61. The van der Waals surface area contributed by atoms with Crippen LogP contribution in [0.25, 0.3) is 11.5 Å². The Labute approximate surface area is 129 Å². The number of halogens is 1. The third kappa shape index (κ3) is 3.51. The normalized spacial score (nSPS) is 17.0. The number of methoxy groups -OCH3 is 1. The zero-order chi connectivity index (χ0) is 15.4. The van der Waals surface area contributed by atoms with Crippen molar-refractivity contribution < 1.29 is 13.5 Å². The molecule has 5 nitrogen and oxygen atoms in total. The average Bonchev–Trinajstić information content (AvgIpc) is 3.04. The van der Waals surface area contributed by atoms with Crippen molar-refractivity contribution >= 4 is 0 Å². The average molecular weight is 305 g/mol. The Hall–Kier alpha value is -1.79. The van der Waals surface area contributed by atoms with Crippen molar-refractivity contribution in [2.75, 3.05) is 33.4 Å². The van der Waals surface area contributed by atoms with Crippen LogP contribution in [0, 0.1) is 5.82 Å². The van der Waals surface area contributed by atoms with E-state index in [4.69, 9.17) is 9.15 Å². The Morgan fingerprint density at radius 2 is 1.95 bits per heavy atom. The Kier molecular flexibility index (Phi) is 4.80. The van der Waals surface area contributed by atoms with Gasteiger partial charge in [-0.05, 0) is 50.2 Å². The number of aromatic nitrogens is 2. The first kappa shape index (κ1) is 15.1. The number of ether oxygens (including phenoxy) is 1. The molecule has 0 spiro atoms. The maximum Gasteiger partial charge on any atom is 0.247 e. The number of hydrogen-bond donors (Lipinski definition) is 0. The standard InChI is InChI=1S/C16H20FN3O2/c1-21-11-10-20-8-6-13(7-9-20)16-19-18-15(22-16)12-2-4-14(17)5-3-12/h2-5,13H,6-11H2,1H3. The molecule has 0 saturated carbocycles. The molecule has 0 bridgehead atoms. The lowest BCUT2D eigenvalue weighted by Gasteiger charge is -2.29. The minimum atomic E-state index is -0.271. The molecule has 1 fully saturated rings. The molecule has 0 radical (unpaired) electrons. The largest absolute Gasteiger partial charge is 0.420 e. The Morgan fingerprint density at radius 3 is 2.64 bits per heavy atom. The van der Waals surface area contributed by atoms with Crippen molar-refractivity contribution in [1.82, 2.24) is 15.1 Å². The topological polar surface area (TPSA) is 51.4 Å². The second kappa shape index (κ2) is 6.98. The van der Waals surface area contributed by atoms with Gasteiger partial charge in [0, 0.05) is 25.1 Å². The van der Waals surface area contributed by atoms with Crippen LogP contribution in [0.3, 0.4) is 0 Å². The highest BCUT2D eigenvalue weighted by atomic mass is 19.1. The minimum Gasteiger partial charge on any atom is -0.420 e. The highest BCUT2D eigenvalue weighted by Crippen LogP contribution is 2.29. The fourth-order valence-corrected chi connectivity index (χ4v) is 2.73. The van der Waals surface area contributed by atoms with Gasteiger partial charge in [0.15, 0.2) is 0 Å². The van der Waals surface area contributed by atoms with E-state index in [-0.39, 0.29) is 5.82 Å². The van der Waals surface area contributed by atoms with E-state index in [0.29, 0.717) is 17.7 Å². The van der Waals surface area contributed by atoms with Crippen LogP contribution >= 0.6 is 0 Å². The quantitative estimate of drug-likeness (QED) is 0.850. The zero-order valence-electron chi connectivity index (χ0n) is 12.7. The van der Waals surface area contributed by atoms with E-state index in [1.807, 2.05) is 0 Å². The number of nitrogens with zero attached hydrogens (tertiary/aromatic N) is 3. The predicted octanol–water partition coefficient (Wildman–Crippen LogP) is 2.70. The van der Waals surface area contributed by atoms with Crippen molar-refractivity contribution in [3.05, 3.63) is 36.0 Å². The molecule has 3 rings (SSSR count). The third-order valence-electron chi connectivity index (χ3n) is 4.08. The summed E-state index contributed by atoms with van der Waals surface area (Å²) in [6.45, 7) is 3.76. The van der Waals surface area contributed by atoms with Gasteiger partial charge in [-0.15, -0.1) is 10.2 Å². The molecule has 1 aliphatic heterocycles. The molecule has 2 heterocycles. The van der Waals surface area contributed by atoms with Gasteiger partial charge < -0.3 is 14.1 Å². The summed E-state index contributed by atoms with van der Waals surface area (Å²) < 4.78 is 23.8. The van der Waals surface area contributed by atoms with Crippen LogP contribution < -0.4 is 0 Å². The molecule has 0 aliphatic carbocycles. The maximum atomic E-state index is 12.9. The Morgan fingerprint density at radius 1 is 1.23 bits per heavy atom. The zero-order valence-corrected chi connectivity index (χ0v) is 12.7. The molecule has 2 aromatic rings. The van der Waals surface area contributed by atoms with E-state index in [0.717, 1.165) is 44.6 Å². The fraction of sp³-hybridized carbons (Fsp3) is 0.500. The molecule has 118 valence electrons. The second-order valence-corrected chi connectivity index (χ2v) is 5.56. The molecular formula is C16H20FN3O2. The summed E-state index contributed by atoms with van der Waals surface area (Å²) in [7, 11) is 1.72. The molecule has 1 aromatic heterocycles. The first-order valence-electron chi connectivity index (χ1n) is 7.57. The summed E-state index contributed by atoms with van der Waals surface area (Å²) in [6.07, 6.45) is 2.02. The number of piperidine rings is 1. The highest BCUT2D eigenvalue weighted by Gasteiger charge is 2.25. The molecule has 22 heavy (non-hydrogen) atoms. The molecule has 0 amide bonds. The van der Waals surface area contributed by atoms with Gasteiger partial charge in [0.2, 0.25) is 11.8 Å². The SMILES string of the molecule is COCCN1CCC(c2nnc(-c3ccc(F)cc3)o2)CC1. The summed E-state index contributed by atoms with van der Waals surface area (Å²) in [5, 5.41) is 8.26. The molecule has 0 unspecified atom stereocenters. The van der Waals surface area contributed by atoms with Gasteiger partial charge in [-0.3, -0.25) is 0 Å². The van der Waals surface area contributed by atoms with Gasteiger partial charge in [0.25, 0.3) is 0 Å². The Bertz CT molecular complexity index is 592. The van der Waals surface area contributed by atoms with Gasteiger partial charge in [0.05, 0.1) is 6.61 Å². The molecule has 1 aromatic carbocycles. The van der Waals surface area contributed by atoms with Crippen molar-refractivity contribution in [2.45, 2.75) is 18.8 Å². The van der Waals surface area contributed by atoms with E-state index >= 15 is 0 Å². The summed E-state index contributed by atoms with van der Waals surface area (Å²) in [5.41, 5.74) is 0.748. The van der Waals surface area contributed by atoms with Crippen LogP contribution in [-0.2, 0) is 4.74 Å². The lowest BCUT2D eigenvalue weighted by molar-refractivity contribution is 0.127. The minimum absolute atomic E-state index is 0.271. The number of benzene rings is 1. The van der Waals surface area contributed by atoms with E-state index in [2.05, 4.69) is 15.1 Å². The van der Waals surface area contributed by atoms with Crippen molar-refractivity contribution in [2.24, 2.45) is 0 Å². The number of hydrogen-bond acceptors (Lipinski definition) is 5. The summed E-state index contributed by atoms with van der Waals surface area (Å²) >= 11 is 0. The van der Waals surface area contributed by atoms with E-state index in [1.54, 1.807) is 19.2 Å². The van der Waals surface area contributed by atoms with Crippen molar-refractivity contribution in [1.29, 1.82) is 0 Å². The molecule has 1 aliphatic rings. The van der Waals surface area contributed by atoms with Gasteiger partial charge in [-0.25, -0.2) is 4.39 Å². The molecule has 0 atom stereocenters. The lowest BCUT2D eigenvalue weighted by atomic mass is 9.97. The molecular weight excluding hydrogens is 285 g/mol. The summed E-state index contributed by atoms with van der Waals surface area (Å²) in [4.78, 5) is 2.39. The van der Waals surface area contributed by atoms with Crippen molar-refractivity contribution in [3.63, 3.8) is 0 Å². The first-order valence-corrected chi connectivity index (χ1v) is 7.57. The van der Waals surface area contributed by atoms with Gasteiger partial charge in [-0.2, -0.15) is 0 Å². The second-order valence-electron chi connectivity index (χ2n) is 5.56. The monoisotopic (exact) mass is 305 g/mol. The smallest absolute Gasteiger partial charge is 0.247 e. The highest BCUT2D eigenvalue weighted by molar-refractivity contribution is 5.52. The molecule has 1 saturated heterocycles. The third-order valence-corrected chi connectivity index (χ3v) is 4.08. The van der Waals surface area contributed by atoms with Crippen LogP contribution in [-0.4, -0.2) is 48.4 Å². The maximum absolute atomic E-state index is 12.9. The van der Waals surface area contributed by atoms with Gasteiger partial charge in [-0.1, -0.05) is 0 Å². The van der Waals surface area contributed by atoms with Gasteiger partial charge >= 0.3 is 0 Å². The van der Waals surface area contributed by atoms with Crippen LogP contribution in [0.4, 0.5) is 4.39 Å². The first-order chi connectivity index (χ1) is 10.8. The van der Waals surface area contributed by atoms with Gasteiger partial charge in [0.1, 0.15) is 5.82 Å². The van der Waals surface area contributed by atoms with E-state index in [9.17, 15) is 4.39 Å². The van der Waals surface area contributed by atoms with E-state index < -0.39 is 0 Å². The van der Waals surface area contributed by atoms with Crippen LogP contribution in [0.1, 0.15) is 24.7 Å². The predicted molar refractivity (Wildman–Crippen MR) is 80.0 cm³/mol. The number of rotatable bonds is 5. The lowest BCUT2D eigenvalue weighted by Crippen LogP contribution is -2.35. The van der Waals surface area contributed by atoms with Crippen LogP contribution in [0.2, 0.25) is 0 Å². The fourth-order valence-electron chi connectivity index (χ4n) is 2.73. The number of likely N-dealkylation sites (tertiary alicyclic amines) is 1. The summed E-state index contributed by atoms with van der Waals surface area (Å²) in [6, 6.07) is 6.10. The van der Waals surface area contributed by atoms with Crippen molar-refractivity contribution in [3.8, 4) is 11.5 Å².